The molecule has 7 nitrogen and oxygen atoms in total. The van der Waals surface area contributed by atoms with Crippen molar-refractivity contribution in [1.29, 1.82) is 0 Å². The molecule has 3 rings (SSSR count). The zero-order valence-corrected chi connectivity index (χ0v) is 18.2. The zero-order valence-electron chi connectivity index (χ0n) is 17.4. The standard InChI is InChI=1S/C24H24ClN3O4/c25-21-12-11-19(15-22(21)28(30)31)16-27(14-6-13-26)24(29)20-9-4-5-10-23(20)32-17-18-7-2-1-3-8-18/h1-5,7-12,15H,6,13-14,16-17,26H2. The van der Waals surface area contributed by atoms with Crippen LogP contribution in [0.5, 0.6) is 5.75 Å². The molecule has 0 aliphatic carbocycles. The quantitative estimate of drug-likeness (QED) is 0.350. The van der Waals surface area contributed by atoms with E-state index in [0.29, 0.717) is 43.0 Å². The van der Waals surface area contributed by atoms with E-state index in [1.165, 1.54) is 12.1 Å². The highest BCUT2D eigenvalue weighted by atomic mass is 35.5. The lowest BCUT2D eigenvalue weighted by molar-refractivity contribution is -0.384. The van der Waals surface area contributed by atoms with Gasteiger partial charge < -0.3 is 15.4 Å². The molecule has 0 bridgehead atoms. The summed E-state index contributed by atoms with van der Waals surface area (Å²) in [5.41, 5.74) is 7.49. The summed E-state index contributed by atoms with van der Waals surface area (Å²) in [6, 6.07) is 21.3. The summed E-state index contributed by atoms with van der Waals surface area (Å²) in [5, 5.41) is 11.3. The van der Waals surface area contributed by atoms with Crippen LogP contribution in [0.2, 0.25) is 5.02 Å². The third kappa shape index (κ3) is 6.06. The number of rotatable bonds is 10. The Balaban J connectivity index is 1.83. The van der Waals surface area contributed by atoms with E-state index in [-0.39, 0.29) is 23.2 Å². The van der Waals surface area contributed by atoms with Crippen molar-refractivity contribution in [3.63, 3.8) is 0 Å². The third-order valence-electron chi connectivity index (χ3n) is 4.85. The van der Waals surface area contributed by atoms with Gasteiger partial charge in [-0.15, -0.1) is 0 Å². The second-order valence-electron chi connectivity index (χ2n) is 7.18. The van der Waals surface area contributed by atoms with Gasteiger partial charge in [0.2, 0.25) is 0 Å². The number of nitrogens with zero attached hydrogens (tertiary/aromatic N) is 2. The first-order valence-electron chi connectivity index (χ1n) is 10.2. The maximum absolute atomic E-state index is 13.4. The van der Waals surface area contributed by atoms with E-state index in [2.05, 4.69) is 0 Å². The summed E-state index contributed by atoms with van der Waals surface area (Å²) in [4.78, 5) is 25.7. The molecule has 0 aromatic heterocycles. The first-order valence-corrected chi connectivity index (χ1v) is 10.6. The smallest absolute Gasteiger partial charge is 0.288 e. The van der Waals surface area contributed by atoms with Crippen molar-refractivity contribution in [2.24, 2.45) is 5.73 Å². The number of nitrogens with two attached hydrogens (primary N) is 1. The van der Waals surface area contributed by atoms with Gasteiger partial charge in [-0.25, -0.2) is 0 Å². The maximum atomic E-state index is 13.4. The predicted octanol–water partition coefficient (Wildman–Crippen LogP) is 4.82. The second kappa shape index (κ2) is 11.3. The number of carbonyl (C=O) groups is 1. The van der Waals surface area contributed by atoms with Crippen molar-refractivity contribution in [2.75, 3.05) is 13.1 Å². The number of ether oxygens (including phenoxy) is 1. The molecule has 0 saturated carbocycles. The molecular weight excluding hydrogens is 430 g/mol. The molecule has 0 saturated heterocycles. The van der Waals surface area contributed by atoms with Gasteiger partial charge >= 0.3 is 0 Å². The third-order valence-corrected chi connectivity index (χ3v) is 5.17. The normalized spacial score (nSPS) is 10.6. The Labute approximate surface area is 191 Å². The van der Waals surface area contributed by atoms with Crippen LogP contribution in [0.4, 0.5) is 5.69 Å². The summed E-state index contributed by atoms with van der Waals surface area (Å²) >= 11 is 5.92. The predicted molar refractivity (Wildman–Crippen MR) is 124 cm³/mol. The fourth-order valence-corrected chi connectivity index (χ4v) is 3.41. The fraction of sp³-hybridized carbons (Fsp3) is 0.208. The molecule has 1 amide bonds. The van der Waals surface area contributed by atoms with E-state index < -0.39 is 4.92 Å². The average molecular weight is 454 g/mol. The molecular formula is C24H24ClN3O4. The van der Waals surface area contributed by atoms with Crippen LogP contribution in [0.25, 0.3) is 0 Å². The van der Waals surface area contributed by atoms with Gasteiger partial charge in [-0.3, -0.25) is 14.9 Å². The minimum Gasteiger partial charge on any atom is -0.488 e. The van der Waals surface area contributed by atoms with Gasteiger partial charge in [0.25, 0.3) is 11.6 Å². The maximum Gasteiger partial charge on any atom is 0.288 e. The average Bonchev–Trinajstić information content (AvgIpc) is 2.81. The molecule has 0 unspecified atom stereocenters. The second-order valence-corrected chi connectivity index (χ2v) is 7.59. The highest BCUT2D eigenvalue weighted by Gasteiger charge is 2.21. The number of benzene rings is 3. The van der Waals surface area contributed by atoms with E-state index in [0.717, 1.165) is 5.56 Å². The van der Waals surface area contributed by atoms with E-state index >= 15 is 0 Å². The van der Waals surface area contributed by atoms with Crippen LogP contribution >= 0.6 is 11.6 Å². The molecule has 166 valence electrons. The molecule has 0 aliphatic rings. The molecule has 0 heterocycles. The molecule has 0 radical (unpaired) electrons. The van der Waals surface area contributed by atoms with Crippen LogP contribution in [0.15, 0.2) is 72.8 Å². The van der Waals surface area contributed by atoms with E-state index in [1.807, 2.05) is 36.4 Å². The number of carbonyl (C=O) groups excluding carboxylic acids is 1. The number of nitro groups is 1. The molecule has 3 aromatic rings. The van der Waals surface area contributed by atoms with Crippen molar-refractivity contribution in [1.82, 2.24) is 4.90 Å². The summed E-state index contributed by atoms with van der Waals surface area (Å²) < 4.78 is 5.94. The van der Waals surface area contributed by atoms with Gasteiger partial charge in [0.1, 0.15) is 17.4 Å². The van der Waals surface area contributed by atoms with Crippen molar-refractivity contribution in [3.05, 3.63) is 105 Å². The number of halogens is 1. The Morgan fingerprint density at radius 3 is 2.47 bits per heavy atom. The topological polar surface area (TPSA) is 98.7 Å². The Hall–Kier alpha value is -3.42. The van der Waals surface area contributed by atoms with Gasteiger partial charge in [-0.2, -0.15) is 0 Å². The van der Waals surface area contributed by atoms with Crippen molar-refractivity contribution in [3.8, 4) is 5.75 Å². The van der Waals surface area contributed by atoms with Gasteiger partial charge in [0, 0.05) is 19.2 Å². The van der Waals surface area contributed by atoms with Crippen LogP contribution in [0, 0.1) is 10.1 Å². The minimum atomic E-state index is -0.537. The molecule has 0 fully saturated rings. The first-order chi connectivity index (χ1) is 15.5. The van der Waals surface area contributed by atoms with Crippen molar-refractivity contribution in [2.45, 2.75) is 19.6 Å². The van der Waals surface area contributed by atoms with E-state index in [9.17, 15) is 14.9 Å². The lowest BCUT2D eigenvalue weighted by Gasteiger charge is -2.24. The van der Waals surface area contributed by atoms with Crippen molar-refractivity contribution >= 4 is 23.2 Å². The Morgan fingerprint density at radius 1 is 1.03 bits per heavy atom. The monoisotopic (exact) mass is 453 g/mol. The van der Waals surface area contributed by atoms with Crippen LogP contribution in [-0.2, 0) is 13.2 Å². The van der Waals surface area contributed by atoms with Gasteiger partial charge in [-0.1, -0.05) is 60.1 Å². The number of nitro benzene ring substituents is 1. The molecule has 0 aliphatic heterocycles. The van der Waals surface area contributed by atoms with Crippen LogP contribution < -0.4 is 10.5 Å². The first kappa shape index (κ1) is 23.2. The van der Waals surface area contributed by atoms with E-state index in [1.54, 1.807) is 29.2 Å². The largest absolute Gasteiger partial charge is 0.488 e. The molecule has 8 heteroatoms. The number of hydrogen-bond donors (Lipinski definition) is 1. The van der Waals surface area contributed by atoms with E-state index in [4.69, 9.17) is 22.1 Å². The molecule has 0 spiro atoms. The fourth-order valence-electron chi connectivity index (χ4n) is 3.23. The number of amides is 1. The summed E-state index contributed by atoms with van der Waals surface area (Å²) in [5.74, 6) is 0.237. The van der Waals surface area contributed by atoms with Crippen LogP contribution in [0.3, 0.4) is 0 Å². The highest BCUT2D eigenvalue weighted by molar-refractivity contribution is 6.32. The van der Waals surface area contributed by atoms with Crippen LogP contribution in [0.1, 0.15) is 27.9 Å². The molecule has 0 atom stereocenters. The summed E-state index contributed by atoms with van der Waals surface area (Å²) in [7, 11) is 0. The molecule has 32 heavy (non-hydrogen) atoms. The summed E-state index contributed by atoms with van der Waals surface area (Å²) in [6.45, 7) is 1.33. The molecule has 3 aromatic carbocycles. The van der Waals surface area contributed by atoms with Gasteiger partial charge in [-0.05, 0) is 42.3 Å². The lowest BCUT2D eigenvalue weighted by atomic mass is 10.1. The SMILES string of the molecule is NCCCN(Cc1ccc(Cl)c([N+](=O)[O-])c1)C(=O)c1ccccc1OCc1ccccc1. The highest BCUT2D eigenvalue weighted by Crippen LogP contribution is 2.27. The van der Waals surface area contributed by atoms with Gasteiger partial charge in [0.05, 0.1) is 10.5 Å². The zero-order chi connectivity index (χ0) is 22.9. The summed E-state index contributed by atoms with van der Waals surface area (Å²) in [6.07, 6.45) is 0.592. The lowest BCUT2D eigenvalue weighted by Crippen LogP contribution is -2.33. The van der Waals surface area contributed by atoms with Crippen molar-refractivity contribution < 1.29 is 14.5 Å². The number of para-hydroxylation sites is 1. The Morgan fingerprint density at radius 2 is 1.75 bits per heavy atom. The Bertz CT molecular complexity index is 1080. The number of hydrogen-bond acceptors (Lipinski definition) is 5. The van der Waals surface area contributed by atoms with Gasteiger partial charge in [0.15, 0.2) is 0 Å². The minimum absolute atomic E-state index is 0.0539. The molecule has 2 N–H and O–H groups in total. The van der Waals surface area contributed by atoms with Crippen LogP contribution in [-0.4, -0.2) is 28.8 Å². The Kier molecular flexibility index (Phi) is 8.19.